The summed E-state index contributed by atoms with van der Waals surface area (Å²) < 4.78 is 41.1. The van der Waals surface area contributed by atoms with Crippen LogP contribution in [0, 0.1) is 28.6 Å². The van der Waals surface area contributed by atoms with Crippen LogP contribution in [0.2, 0.25) is 0 Å². The molecule has 4 fully saturated rings. The molecule has 1 saturated heterocycles. The summed E-state index contributed by atoms with van der Waals surface area (Å²) in [6.45, 7) is 5.50. The Hall–Kier alpha value is -1.39. The zero-order valence-corrected chi connectivity index (χ0v) is 21.7. The number of Topliss-reactive ketones (excluding diaryl/α,β-unsaturated/α-hetero) is 1. The van der Waals surface area contributed by atoms with Crippen molar-refractivity contribution >= 4 is 21.7 Å². The maximum atomic E-state index is 13.8. The normalized spacial score (nSPS) is 46.4. The maximum Gasteiger partial charge on any atom is 0.264 e. The van der Waals surface area contributed by atoms with E-state index in [1.807, 2.05) is 19.9 Å². The molecule has 0 aromatic heterocycles. The van der Waals surface area contributed by atoms with Crippen molar-refractivity contribution in [1.29, 1.82) is 0 Å². The van der Waals surface area contributed by atoms with Gasteiger partial charge in [-0.05, 0) is 56.1 Å². The molecule has 0 bridgehead atoms. The van der Waals surface area contributed by atoms with E-state index in [0.717, 1.165) is 31.1 Å². The van der Waals surface area contributed by atoms with Gasteiger partial charge in [0.2, 0.25) is 0 Å². The van der Waals surface area contributed by atoms with E-state index in [9.17, 15) is 23.1 Å². The Labute approximate surface area is 207 Å². The third-order valence-electron chi connectivity index (χ3n) is 9.63. The summed E-state index contributed by atoms with van der Waals surface area (Å²) in [6, 6.07) is 0. The van der Waals surface area contributed by atoms with Gasteiger partial charge < -0.3 is 14.6 Å². The number of aliphatic hydroxyl groups is 1. The van der Waals surface area contributed by atoms with Crippen molar-refractivity contribution in [2.75, 3.05) is 12.9 Å². The van der Waals surface area contributed by atoms with Gasteiger partial charge in [-0.1, -0.05) is 38.8 Å². The van der Waals surface area contributed by atoms with Gasteiger partial charge in [-0.15, -0.1) is 0 Å². The summed E-state index contributed by atoms with van der Waals surface area (Å²) in [7, 11) is -3.82. The van der Waals surface area contributed by atoms with Crippen LogP contribution < -0.4 is 0 Å². The molecule has 5 aliphatic rings. The third kappa shape index (κ3) is 3.64. The van der Waals surface area contributed by atoms with Crippen LogP contribution in [-0.2, 0) is 33.4 Å². The fraction of sp³-hybridized carbons (Fsp3) is 0.769. The quantitative estimate of drug-likeness (QED) is 0.545. The molecule has 8 nitrogen and oxygen atoms in total. The summed E-state index contributed by atoms with van der Waals surface area (Å²) in [5.74, 6) is -0.398. The molecule has 4 aliphatic carbocycles. The number of carbonyl (C=O) groups excluding carboxylic acids is 2. The summed E-state index contributed by atoms with van der Waals surface area (Å²) in [4.78, 5) is 25.8. The summed E-state index contributed by atoms with van der Waals surface area (Å²) in [5, 5.41) is 11.7. The third-order valence-corrected chi connectivity index (χ3v) is 10.2. The number of carbonyl (C=O) groups is 2. The molecule has 1 N–H and O–H groups in total. The first-order valence-corrected chi connectivity index (χ1v) is 14.5. The Morgan fingerprint density at radius 1 is 1.31 bits per heavy atom. The second-order valence-corrected chi connectivity index (χ2v) is 13.2. The second-order valence-electron chi connectivity index (χ2n) is 11.5. The van der Waals surface area contributed by atoms with Crippen molar-refractivity contribution in [3.63, 3.8) is 0 Å². The van der Waals surface area contributed by atoms with Crippen LogP contribution in [0.25, 0.3) is 0 Å². The van der Waals surface area contributed by atoms with E-state index in [4.69, 9.17) is 13.7 Å². The standard InChI is InChI=1S/C26H36O8S/c1-5-6-22-33-21-12-18-17-8-7-15-11-16(27)9-10-24(15,2)23(17)19(28)13-25(18,3)26(21,34-22)20(29)14-32-35(4,30)31/h9-11,17-19,21-23,28H,5-8,12-14H2,1-4H3/t17-,18-,19-,21+,22+,23+,24-,25-,26+/m0/s1. The molecule has 9 heteroatoms. The molecule has 1 aliphatic heterocycles. The van der Waals surface area contributed by atoms with E-state index in [-0.39, 0.29) is 23.5 Å². The molecule has 35 heavy (non-hydrogen) atoms. The molecule has 3 saturated carbocycles. The van der Waals surface area contributed by atoms with E-state index in [0.29, 0.717) is 19.3 Å². The van der Waals surface area contributed by atoms with Crippen LogP contribution in [0.5, 0.6) is 0 Å². The number of rotatable bonds is 6. The summed E-state index contributed by atoms with van der Waals surface area (Å²) in [6.07, 6.45) is 8.33. The van der Waals surface area contributed by atoms with Crippen LogP contribution in [0.4, 0.5) is 0 Å². The van der Waals surface area contributed by atoms with Crippen molar-refractivity contribution in [2.45, 2.75) is 83.4 Å². The van der Waals surface area contributed by atoms with Crippen LogP contribution in [0.15, 0.2) is 23.8 Å². The highest BCUT2D eigenvalue weighted by Crippen LogP contribution is 2.69. The van der Waals surface area contributed by atoms with Crippen molar-refractivity contribution < 1.29 is 36.8 Å². The lowest BCUT2D eigenvalue weighted by Crippen LogP contribution is -2.63. The molecule has 0 amide bonds. The lowest BCUT2D eigenvalue weighted by molar-refractivity contribution is -0.200. The van der Waals surface area contributed by atoms with Gasteiger partial charge in [-0.3, -0.25) is 13.8 Å². The minimum atomic E-state index is -3.82. The highest BCUT2D eigenvalue weighted by Gasteiger charge is 2.75. The van der Waals surface area contributed by atoms with Crippen molar-refractivity contribution in [1.82, 2.24) is 0 Å². The molecule has 0 radical (unpaired) electrons. The second kappa shape index (κ2) is 8.31. The first-order chi connectivity index (χ1) is 16.4. The van der Waals surface area contributed by atoms with E-state index < -0.39 is 57.4 Å². The minimum absolute atomic E-state index is 0.0133. The number of aliphatic hydroxyl groups excluding tert-OH is 1. The number of hydrogen-bond acceptors (Lipinski definition) is 8. The summed E-state index contributed by atoms with van der Waals surface area (Å²) >= 11 is 0. The molecule has 5 rings (SSSR count). The smallest absolute Gasteiger partial charge is 0.264 e. The van der Waals surface area contributed by atoms with E-state index in [2.05, 4.69) is 6.92 Å². The average Bonchev–Trinajstić information content (AvgIpc) is 3.24. The monoisotopic (exact) mass is 508 g/mol. The van der Waals surface area contributed by atoms with E-state index >= 15 is 0 Å². The van der Waals surface area contributed by atoms with Crippen LogP contribution in [0.3, 0.4) is 0 Å². The Morgan fingerprint density at radius 2 is 2.06 bits per heavy atom. The largest absolute Gasteiger partial charge is 0.393 e. The number of ether oxygens (including phenoxy) is 2. The fourth-order valence-corrected chi connectivity index (χ4v) is 8.59. The minimum Gasteiger partial charge on any atom is -0.393 e. The highest BCUT2D eigenvalue weighted by molar-refractivity contribution is 7.86. The zero-order valence-electron chi connectivity index (χ0n) is 20.9. The Bertz CT molecular complexity index is 1090. The molecule has 0 unspecified atom stereocenters. The number of allylic oxidation sites excluding steroid dienone is 4. The van der Waals surface area contributed by atoms with Crippen molar-refractivity contribution in [3.8, 4) is 0 Å². The van der Waals surface area contributed by atoms with Gasteiger partial charge in [-0.2, -0.15) is 8.42 Å². The highest BCUT2D eigenvalue weighted by atomic mass is 32.2. The van der Waals surface area contributed by atoms with Crippen LogP contribution >= 0.6 is 0 Å². The molecule has 0 aromatic carbocycles. The molecular formula is C26H36O8S. The van der Waals surface area contributed by atoms with Crippen LogP contribution in [-0.4, -0.2) is 62.1 Å². The Balaban J connectivity index is 1.53. The molecule has 1 heterocycles. The molecule has 0 aromatic rings. The lowest BCUT2D eigenvalue weighted by atomic mass is 9.46. The Morgan fingerprint density at radius 3 is 2.74 bits per heavy atom. The first-order valence-electron chi connectivity index (χ1n) is 12.7. The molecular weight excluding hydrogens is 472 g/mol. The topological polar surface area (TPSA) is 116 Å². The van der Waals surface area contributed by atoms with E-state index in [1.54, 1.807) is 12.2 Å². The average molecular weight is 509 g/mol. The van der Waals surface area contributed by atoms with Gasteiger partial charge >= 0.3 is 0 Å². The zero-order chi connectivity index (χ0) is 25.4. The van der Waals surface area contributed by atoms with Crippen molar-refractivity contribution in [2.24, 2.45) is 28.6 Å². The predicted octanol–water partition coefficient (Wildman–Crippen LogP) is 2.70. The predicted molar refractivity (Wildman–Crippen MR) is 127 cm³/mol. The van der Waals surface area contributed by atoms with Crippen LogP contribution in [0.1, 0.15) is 59.3 Å². The number of fused-ring (bicyclic) bond motifs is 7. The molecule has 0 spiro atoms. The first kappa shape index (κ1) is 25.3. The maximum absolute atomic E-state index is 13.8. The molecule has 194 valence electrons. The van der Waals surface area contributed by atoms with Crippen molar-refractivity contribution in [3.05, 3.63) is 23.8 Å². The number of ketones is 2. The summed E-state index contributed by atoms with van der Waals surface area (Å²) in [5.41, 5.74) is -1.47. The van der Waals surface area contributed by atoms with Gasteiger partial charge in [0.15, 0.2) is 23.5 Å². The fourth-order valence-electron chi connectivity index (χ4n) is 8.27. The van der Waals surface area contributed by atoms with Gasteiger partial charge in [0.1, 0.15) is 6.61 Å². The van der Waals surface area contributed by atoms with Gasteiger partial charge in [-0.25, -0.2) is 0 Å². The molecule has 9 atom stereocenters. The van der Waals surface area contributed by atoms with Gasteiger partial charge in [0, 0.05) is 16.7 Å². The Kier molecular flexibility index (Phi) is 6.00. The lowest BCUT2D eigenvalue weighted by Gasteiger charge is -2.59. The number of hydrogen-bond donors (Lipinski definition) is 1. The van der Waals surface area contributed by atoms with Gasteiger partial charge in [0.05, 0.1) is 18.5 Å². The van der Waals surface area contributed by atoms with E-state index in [1.165, 1.54) is 0 Å². The van der Waals surface area contributed by atoms with Gasteiger partial charge in [0.25, 0.3) is 10.1 Å². The SMILES string of the molecule is CCC[C@@H]1O[C@@H]2C[C@H]3[C@@H]4CCC5=CC(=O)C=C[C@]5(C)[C@H]4[C@@H](O)C[C@]3(C)[C@]2(C(=O)COS(C)(=O)=O)O1.